The summed E-state index contributed by atoms with van der Waals surface area (Å²) in [7, 11) is 0. The van der Waals surface area contributed by atoms with Gasteiger partial charge in [-0.15, -0.1) is 0 Å². The summed E-state index contributed by atoms with van der Waals surface area (Å²) in [6.07, 6.45) is 0.145. The van der Waals surface area contributed by atoms with Gasteiger partial charge in [-0.25, -0.2) is 0 Å². The van der Waals surface area contributed by atoms with Crippen molar-refractivity contribution in [2.75, 3.05) is 6.61 Å². The molecule has 2 rings (SSSR count). The Bertz CT molecular complexity index is 581. The van der Waals surface area contributed by atoms with E-state index in [-0.39, 0.29) is 0 Å². The molecule has 1 atom stereocenters. The molecule has 0 spiro atoms. The van der Waals surface area contributed by atoms with Gasteiger partial charge < -0.3 is 9.84 Å². The van der Waals surface area contributed by atoms with Gasteiger partial charge in [-0.2, -0.15) is 0 Å². The number of para-hydroxylation sites is 1. The smallest absolute Gasteiger partial charge is 0.125 e. The summed E-state index contributed by atoms with van der Waals surface area (Å²) in [6, 6.07) is 13.2. The number of hydrogen-bond acceptors (Lipinski definition) is 2. The monoisotopic (exact) mass is 290 g/mol. The molecule has 0 aromatic heterocycles. The van der Waals surface area contributed by atoms with Crippen molar-refractivity contribution in [1.82, 2.24) is 0 Å². The van der Waals surface area contributed by atoms with E-state index in [4.69, 9.17) is 16.3 Å². The van der Waals surface area contributed by atoms with Gasteiger partial charge in [0.2, 0.25) is 0 Å². The third kappa shape index (κ3) is 3.33. The zero-order chi connectivity index (χ0) is 14.5. The number of aliphatic hydroxyl groups is 1. The van der Waals surface area contributed by atoms with Crippen molar-refractivity contribution in [3.8, 4) is 5.75 Å². The van der Waals surface area contributed by atoms with Crippen LogP contribution in [0.5, 0.6) is 5.75 Å². The number of rotatable bonds is 5. The van der Waals surface area contributed by atoms with Crippen LogP contribution in [-0.2, 0) is 0 Å². The zero-order valence-corrected chi connectivity index (χ0v) is 12.5. The average Bonchev–Trinajstić information content (AvgIpc) is 2.45. The van der Waals surface area contributed by atoms with Crippen LogP contribution in [0.15, 0.2) is 42.5 Å². The summed E-state index contributed by atoms with van der Waals surface area (Å²) < 4.78 is 5.69. The Kier molecular flexibility index (Phi) is 5.05. The van der Waals surface area contributed by atoms with Crippen molar-refractivity contribution < 1.29 is 9.84 Å². The highest BCUT2D eigenvalue weighted by atomic mass is 35.5. The second kappa shape index (κ2) is 6.78. The Morgan fingerprint density at radius 2 is 1.90 bits per heavy atom. The first kappa shape index (κ1) is 14.9. The van der Waals surface area contributed by atoms with E-state index >= 15 is 0 Å². The molecule has 1 N–H and O–H groups in total. The molecule has 0 fully saturated rings. The van der Waals surface area contributed by atoms with E-state index in [1.165, 1.54) is 0 Å². The normalized spacial score (nSPS) is 12.2. The van der Waals surface area contributed by atoms with Crippen molar-refractivity contribution in [3.63, 3.8) is 0 Å². The quantitative estimate of drug-likeness (QED) is 0.877. The number of ether oxygens (including phenoxy) is 1. The van der Waals surface area contributed by atoms with Crippen molar-refractivity contribution in [2.45, 2.75) is 26.4 Å². The highest BCUT2D eigenvalue weighted by Crippen LogP contribution is 2.33. The lowest BCUT2D eigenvalue weighted by Crippen LogP contribution is -2.05. The fourth-order valence-electron chi connectivity index (χ4n) is 2.07. The van der Waals surface area contributed by atoms with E-state index in [1.807, 2.05) is 49.4 Å². The summed E-state index contributed by atoms with van der Waals surface area (Å²) in [6.45, 7) is 4.65. The van der Waals surface area contributed by atoms with Crippen LogP contribution in [0.4, 0.5) is 0 Å². The number of aliphatic hydroxyl groups excluding tert-OH is 1. The fourth-order valence-corrected chi connectivity index (χ4v) is 2.41. The maximum atomic E-state index is 10.6. The molecule has 3 heteroatoms. The zero-order valence-electron chi connectivity index (χ0n) is 11.8. The summed E-state index contributed by atoms with van der Waals surface area (Å²) >= 11 is 6.23. The van der Waals surface area contributed by atoms with Crippen LogP contribution >= 0.6 is 11.6 Å². The predicted molar refractivity (Wildman–Crippen MR) is 82.5 cm³/mol. The van der Waals surface area contributed by atoms with Gasteiger partial charge in [-0.1, -0.05) is 48.9 Å². The topological polar surface area (TPSA) is 29.5 Å². The van der Waals surface area contributed by atoms with E-state index in [2.05, 4.69) is 6.92 Å². The second-order valence-electron chi connectivity index (χ2n) is 4.81. The van der Waals surface area contributed by atoms with Crippen LogP contribution in [-0.4, -0.2) is 11.7 Å². The van der Waals surface area contributed by atoms with Crippen LogP contribution < -0.4 is 4.74 Å². The molecule has 0 aliphatic heterocycles. The van der Waals surface area contributed by atoms with E-state index in [9.17, 15) is 5.11 Å². The number of halogens is 1. The molecule has 106 valence electrons. The van der Waals surface area contributed by atoms with E-state index in [0.29, 0.717) is 22.9 Å². The Balaban J connectivity index is 2.35. The first-order valence-electron chi connectivity index (χ1n) is 6.79. The summed E-state index contributed by atoms with van der Waals surface area (Å²) in [5.41, 5.74) is 2.51. The molecular formula is C17H19ClO2. The predicted octanol–water partition coefficient (Wildman–Crippen LogP) is 4.52. The summed E-state index contributed by atoms with van der Waals surface area (Å²) in [4.78, 5) is 0. The number of benzene rings is 2. The second-order valence-corrected chi connectivity index (χ2v) is 5.22. The molecule has 1 unspecified atom stereocenters. The minimum absolute atomic E-state index is 0.572. The molecule has 0 heterocycles. The molecule has 0 bridgehead atoms. The largest absolute Gasteiger partial charge is 0.493 e. The summed E-state index contributed by atoms with van der Waals surface area (Å²) in [5, 5.41) is 11.2. The van der Waals surface area contributed by atoms with Gasteiger partial charge in [0.25, 0.3) is 0 Å². The molecule has 20 heavy (non-hydrogen) atoms. The molecule has 2 aromatic rings. The van der Waals surface area contributed by atoms with Gasteiger partial charge in [0.15, 0.2) is 0 Å². The molecular weight excluding hydrogens is 272 g/mol. The minimum atomic E-state index is -0.781. The van der Waals surface area contributed by atoms with Crippen LogP contribution in [0.1, 0.15) is 36.1 Å². The maximum Gasteiger partial charge on any atom is 0.125 e. The van der Waals surface area contributed by atoms with Gasteiger partial charge in [0.1, 0.15) is 11.9 Å². The first-order chi connectivity index (χ1) is 9.63. The number of aryl methyl sites for hydroxylation is 1. The van der Waals surface area contributed by atoms with Gasteiger partial charge in [0, 0.05) is 16.1 Å². The van der Waals surface area contributed by atoms with Gasteiger partial charge in [-0.05, 0) is 31.0 Å². The van der Waals surface area contributed by atoms with Crippen molar-refractivity contribution in [1.29, 1.82) is 0 Å². The Morgan fingerprint density at radius 1 is 1.15 bits per heavy atom. The van der Waals surface area contributed by atoms with Gasteiger partial charge >= 0.3 is 0 Å². The van der Waals surface area contributed by atoms with Crippen LogP contribution in [0.25, 0.3) is 0 Å². The highest BCUT2D eigenvalue weighted by Gasteiger charge is 2.17. The van der Waals surface area contributed by atoms with Crippen molar-refractivity contribution in [2.24, 2.45) is 0 Å². The van der Waals surface area contributed by atoms with E-state index in [0.717, 1.165) is 17.5 Å². The maximum absolute atomic E-state index is 10.6. The Morgan fingerprint density at radius 3 is 2.60 bits per heavy atom. The lowest BCUT2D eigenvalue weighted by Gasteiger charge is -2.17. The Hall–Kier alpha value is -1.51. The first-order valence-corrected chi connectivity index (χ1v) is 7.17. The molecule has 0 aliphatic carbocycles. The van der Waals surface area contributed by atoms with Crippen LogP contribution in [0.2, 0.25) is 5.02 Å². The highest BCUT2D eigenvalue weighted by molar-refractivity contribution is 6.31. The lowest BCUT2D eigenvalue weighted by atomic mass is 9.99. The van der Waals surface area contributed by atoms with Crippen LogP contribution in [0.3, 0.4) is 0 Å². The van der Waals surface area contributed by atoms with Crippen LogP contribution in [0, 0.1) is 6.92 Å². The van der Waals surface area contributed by atoms with Gasteiger partial charge in [0.05, 0.1) is 6.61 Å². The van der Waals surface area contributed by atoms with Crippen molar-refractivity contribution >= 4 is 11.6 Å². The molecule has 0 radical (unpaired) electrons. The minimum Gasteiger partial charge on any atom is -0.493 e. The van der Waals surface area contributed by atoms with Gasteiger partial charge in [-0.3, -0.25) is 0 Å². The fraction of sp³-hybridized carbons (Fsp3) is 0.294. The molecule has 0 saturated heterocycles. The summed E-state index contributed by atoms with van der Waals surface area (Å²) in [5.74, 6) is 0.707. The van der Waals surface area contributed by atoms with E-state index < -0.39 is 6.10 Å². The van der Waals surface area contributed by atoms with Crippen molar-refractivity contribution in [3.05, 3.63) is 64.2 Å². The third-order valence-electron chi connectivity index (χ3n) is 3.13. The SMILES string of the molecule is CCCOc1ccccc1C(O)c1ccc(C)cc1Cl. The molecule has 0 aliphatic rings. The third-order valence-corrected chi connectivity index (χ3v) is 3.45. The van der Waals surface area contributed by atoms with E-state index in [1.54, 1.807) is 0 Å². The Labute approximate surface area is 125 Å². The molecule has 2 aromatic carbocycles. The standard InChI is InChI=1S/C17H19ClO2/c1-3-10-20-16-7-5-4-6-14(16)17(19)13-9-8-12(2)11-15(13)18/h4-9,11,17,19H,3,10H2,1-2H3. The molecule has 0 saturated carbocycles. The molecule has 0 amide bonds. The average molecular weight is 291 g/mol. The number of hydrogen-bond donors (Lipinski definition) is 1. The lowest BCUT2D eigenvalue weighted by molar-refractivity contribution is 0.210. The molecule has 2 nitrogen and oxygen atoms in total.